The number of hydrogen-bond acceptors (Lipinski definition) is 1. The van der Waals surface area contributed by atoms with Crippen molar-refractivity contribution in [2.45, 2.75) is 19.4 Å². The molecule has 0 aliphatic carbocycles. The summed E-state index contributed by atoms with van der Waals surface area (Å²) in [7, 11) is 1.94. The third kappa shape index (κ3) is 2.60. The first kappa shape index (κ1) is 10.8. The molecule has 72 valence electrons. The van der Waals surface area contributed by atoms with E-state index in [0.717, 1.165) is 6.42 Å². The molecule has 1 atom stereocenters. The molecule has 0 bridgehead atoms. The lowest BCUT2D eigenvalue weighted by Crippen LogP contribution is -2.14. The minimum atomic E-state index is 0.356. The van der Waals surface area contributed by atoms with Crippen molar-refractivity contribution < 1.29 is 0 Å². The summed E-state index contributed by atoms with van der Waals surface area (Å²) in [6, 6.07) is 6.10. The Balaban J connectivity index is 2.95. The average molecular weight is 218 g/mol. The Morgan fingerprint density at radius 2 is 2.00 bits per heavy atom. The summed E-state index contributed by atoms with van der Waals surface area (Å²) in [6.45, 7) is 2.13. The molecule has 0 heterocycles. The van der Waals surface area contributed by atoms with Gasteiger partial charge in [0, 0.05) is 6.04 Å². The first-order valence-corrected chi connectivity index (χ1v) is 5.06. The van der Waals surface area contributed by atoms with Crippen LogP contribution in [0.3, 0.4) is 0 Å². The van der Waals surface area contributed by atoms with Crippen molar-refractivity contribution >= 4 is 23.2 Å². The predicted molar refractivity (Wildman–Crippen MR) is 58.6 cm³/mol. The summed E-state index contributed by atoms with van der Waals surface area (Å²) >= 11 is 11.7. The molecular weight excluding hydrogens is 205 g/mol. The second-order valence-electron chi connectivity index (χ2n) is 2.92. The van der Waals surface area contributed by atoms with Crippen LogP contribution >= 0.6 is 23.2 Å². The number of nitrogens with one attached hydrogen (secondary N) is 1. The molecule has 0 saturated heterocycles. The molecule has 1 N–H and O–H groups in total. The molecular formula is C10H13Cl2N. The van der Waals surface area contributed by atoms with Gasteiger partial charge in [-0.15, -0.1) is 0 Å². The van der Waals surface area contributed by atoms with E-state index in [1.165, 1.54) is 5.56 Å². The van der Waals surface area contributed by atoms with Gasteiger partial charge in [-0.1, -0.05) is 36.2 Å². The van der Waals surface area contributed by atoms with Crippen molar-refractivity contribution in [3.05, 3.63) is 33.8 Å². The summed E-state index contributed by atoms with van der Waals surface area (Å²) in [5.41, 5.74) is 1.18. The third-order valence-electron chi connectivity index (χ3n) is 2.10. The molecule has 0 aromatic heterocycles. The maximum atomic E-state index is 5.91. The quantitative estimate of drug-likeness (QED) is 0.816. The van der Waals surface area contributed by atoms with Crippen LogP contribution in [0.4, 0.5) is 0 Å². The average Bonchev–Trinajstić information content (AvgIpc) is 2.13. The van der Waals surface area contributed by atoms with Gasteiger partial charge in [0.05, 0.1) is 10.0 Å². The Bertz CT molecular complexity index is 282. The molecule has 1 nitrogen and oxygen atoms in total. The minimum Gasteiger partial charge on any atom is -0.313 e. The fraction of sp³-hybridized carbons (Fsp3) is 0.400. The van der Waals surface area contributed by atoms with Gasteiger partial charge < -0.3 is 5.32 Å². The largest absolute Gasteiger partial charge is 0.313 e. The number of hydrogen-bond donors (Lipinski definition) is 1. The summed E-state index contributed by atoms with van der Waals surface area (Å²) in [6.07, 6.45) is 1.04. The number of benzene rings is 1. The molecule has 1 unspecified atom stereocenters. The number of halogens is 2. The smallest absolute Gasteiger partial charge is 0.0595 e. The van der Waals surface area contributed by atoms with E-state index in [0.29, 0.717) is 16.1 Å². The summed E-state index contributed by atoms with van der Waals surface area (Å²) in [4.78, 5) is 0. The number of rotatable bonds is 3. The summed E-state index contributed by atoms with van der Waals surface area (Å²) in [5.74, 6) is 0. The summed E-state index contributed by atoms with van der Waals surface area (Å²) in [5, 5.41) is 4.44. The zero-order valence-electron chi connectivity index (χ0n) is 7.77. The van der Waals surface area contributed by atoms with E-state index in [9.17, 15) is 0 Å². The van der Waals surface area contributed by atoms with Crippen molar-refractivity contribution in [3.63, 3.8) is 0 Å². The molecule has 1 aromatic carbocycles. The van der Waals surface area contributed by atoms with Gasteiger partial charge in [0.1, 0.15) is 0 Å². The normalized spacial score (nSPS) is 12.9. The molecule has 0 fully saturated rings. The lowest BCUT2D eigenvalue weighted by atomic mass is 10.1. The highest BCUT2D eigenvalue weighted by molar-refractivity contribution is 6.42. The van der Waals surface area contributed by atoms with Crippen LogP contribution in [0.1, 0.15) is 24.9 Å². The Labute approximate surface area is 89.0 Å². The van der Waals surface area contributed by atoms with Gasteiger partial charge in [0.25, 0.3) is 0 Å². The van der Waals surface area contributed by atoms with E-state index in [4.69, 9.17) is 23.2 Å². The van der Waals surface area contributed by atoms with Crippen LogP contribution in [-0.4, -0.2) is 7.05 Å². The predicted octanol–water partition coefficient (Wildman–Crippen LogP) is 3.66. The Hall–Kier alpha value is -0.240. The molecule has 0 amide bonds. The van der Waals surface area contributed by atoms with Gasteiger partial charge in [0.2, 0.25) is 0 Å². The van der Waals surface area contributed by atoms with Crippen LogP contribution in [-0.2, 0) is 0 Å². The molecule has 0 radical (unpaired) electrons. The van der Waals surface area contributed by atoms with Crippen molar-refractivity contribution in [3.8, 4) is 0 Å². The van der Waals surface area contributed by atoms with Crippen LogP contribution in [0, 0.1) is 0 Å². The maximum absolute atomic E-state index is 5.91. The van der Waals surface area contributed by atoms with E-state index in [2.05, 4.69) is 12.2 Å². The fourth-order valence-corrected chi connectivity index (χ4v) is 1.64. The summed E-state index contributed by atoms with van der Waals surface area (Å²) < 4.78 is 0. The fourth-order valence-electron chi connectivity index (χ4n) is 1.34. The highest BCUT2D eigenvalue weighted by atomic mass is 35.5. The van der Waals surface area contributed by atoms with Gasteiger partial charge >= 0.3 is 0 Å². The van der Waals surface area contributed by atoms with Crippen molar-refractivity contribution in [2.24, 2.45) is 0 Å². The van der Waals surface area contributed by atoms with Gasteiger partial charge in [-0.3, -0.25) is 0 Å². The Morgan fingerprint density at radius 3 is 2.46 bits per heavy atom. The second-order valence-corrected chi connectivity index (χ2v) is 3.74. The van der Waals surface area contributed by atoms with E-state index in [-0.39, 0.29) is 0 Å². The van der Waals surface area contributed by atoms with Crippen LogP contribution in [0.5, 0.6) is 0 Å². The van der Waals surface area contributed by atoms with Crippen molar-refractivity contribution in [1.29, 1.82) is 0 Å². The Morgan fingerprint density at radius 1 is 1.31 bits per heavy atom. The molecule has 13 heavy (non-hydrogen) atoms. The highest BCUT2D eigenvalue weighted by Crippen LogP contribution is 2.26. The lowest BCUT2D eigenvalue weighted by Gasteiger charge is -2.14. The third-order valence-corrected chi connectivity index (χ3v) is 2.84. The molecule has 1 aromatic rings. The first-order valence-electron chi connectivity index (χ1n) is 4.31. The maximum Gasteiger partial charge on any atom is 0.0595 e. The van der Waals surface area contributed by atoms with Gasteiger partial charge in [0.15, 0.2) is 0 Å². The molecule has 0 aliphatic heterocycles. The van der Waals surface area contributed by atoms with Crippen molar-refractivity contribution in [2.75, 3.05) is 7.05 Å². The van der Waals surface area contributed by atoms with E-state index in [1.54, 1.807) is 0 Å². The molecule has 1 rings (SSSR count). The lowest BCUT2D eigenvalue weighted by molar-refractivity contribution is 0.577. The monoisotopic (exact) mass is 217 g/mol. The SMILES string of the molecule is CCC(NC)c1ccc(Cl)c(Cl)c1. The molecule has 0 saturated carbocycles. The first-order chi connectivity index (χ1) is 6.19. The van der Waals surface area contributed by atoms with E-state index >= 15 is 0 Å². The Kier molecular flexibility index (Phi) is 4.04. The van der Waals surface area contributed by atoms with Crippen LogP contribution in [0.2, 0.25) is 10.0 Å². The zero-order valence-corrected chi connectivity index (χ0v) is 9.28. The molecule has 0 spiro atoms. The van der Waals surface area contributed by atoms with Crippen molar-refractivity contribution in [1.82, 2.24) is 5.32 Å². The highest BCUT2D eigenvalue weighted by Gasteiger charge is 2.07. The second kappa shape index (κ2) is 4.85. The van der Waals surface area contributed by atoms with E-state index in [1.807, 2.05) is 25.2 Å². The van der Waals surface area contributed by atoms with Crippen LogP contribution in [0.25, 0.3) is 0 Å². The van der Waals surface area contributed by atoms with Gasteiger partial charge in [-0.2, -0.15) is 0 Å². The minimum absolute atomic E-state index is 0.356. The zero-order chi connectivity index (χ0) is 9.84. The van der Waals surface area contributed by atoms with Crippen LogP contribution < -0.4 is 5.32 Å². The molecule has 0 aliphatic rings. The van der Waals surface area contributed by atoms with Crippen LogP contribution in [0.15, 0.2) is 18.2 Å². The van der Waals surface area contributed by atoms with E-state index < -0.39 is 0 Å². The topological polar surface area (TPSA) is 12.0 Å². The van der Waals surface area contributed by atoms with Gasteiger partial charge in [-0.05, 0) is 31.2 Å². The van der Waals surface area contributed by atoms with Gasteiger partial charge in [-0.25, -0.2) is 0 Å². The standard InChI is InChI=1S/C10H13Cl2N/c1-3-10(13-2)7-4-5-8(11)9(12)6-7/h4-6,10,13H,3H2,1-2H3. The molecule has 3 heteroatoms.